The van der Waals surface area contributed by atoms with Gasteiger partial charge in [-0.1, -0.05) is 6.07 Å². The Labute approximate surface area is 189 Å². The number of piperidine rings is 2. The Bertz CT molecular complexity index is 990. The highest BCUT2D eigenvalue weighted by Gasteiger charge is 2.25. The number of hydrogen-bond donors (Lipinski definition) is 0. The molecule has 0 unspecified atom stereocenters. The lowest BCUT2D eigenvalue weighted by Gasteiger charge is -2.32. The third kappa shape index (κ3) is 5.28. The monoisotopic (exact) mass is 431 g/mol. The quantitative estimate of drug-likeness (QED) is 0.714. The summed E-state index contributed by atoms with van der Waals surface area (Å²) >= 11 is 0. The number of amides is 2. The van der Waals surface area contributed by atoms with Gasteiger partial charge in [-0.15, -0.1) is 0 Å². The van der Waals surface area contributed by atoms with Gasteiger partial charge >= 0.3 is 0 Å². The third-order valence-corrected chi connectivity index (χ3v) is 6.28. The Balaban J connectivity index is 1.33. The molecule has 2 fully saturated rings. The summed E-state index contributed by atoms with van der Waals surface area (Å²) in [4.78, 5) is 29.4. The van der Waals surface area contributed by atoms with E-state index in [9.17, 15) is 9.59 Å². The SMILES string of the molecule is N#Cc1ccc(C(=O)N2CCC[C@H](COc3cccc(C(=O)N4CCCCC4)c3)C2)cc1. The van der Waals surface area contributed by atoms with Crippen LogP contribution in [0.5, 0.6) is 5.75 Å². The molecule has 32 heavy (non-hydrogen) atoms. The molecule has 2 amide bonds. The first-order valence-corrected chi connectivity index (χ1v) is 11.5. The van der Waals surface area contributed by atoms with Crippen LogP contribution in [-0.4, -0.2) is 54.4 Å². The molecular weight excluding hydrogens is 402 g/mol. The number of nitrogens with zero attached hydrogens (tertiary/aromatic N) is 3. The number of rotatable bonds is 5. The van der Waals surface area contributed by atoms with Gasteiger partial charge in [0.1, 0.15) is 5.75 Å². The van der Waals surface area contributed by atoms with E-state index in [0.717, 1.165) is 45.3 Å². The molecule has 0 N–H and O–H groups in total. The highest BCUT2D eigenvalue weighted by Crippen LogP contribution is 2.22. The molecule has 4 rings (SSSR count). The summed E-state index contributed by atoms with van der Waals surface area (Å²) < 4.78 is 6.04. The van der Waals surface area contributed by atoms with Crippen molar-refractivity contribution in [3.8, 4) is 11.8 Å². The van der Waals surface area contributed by atoms with E-state index in [2.05, 4.69) is 6.07 Å². The Morgan fingerprint density at radius 1 is 0.906 bits per heavy atom. The molecule has 2 aliphatic heterocycles. The van der Waals surface area contributed by atoms with Crippen LogP contribution in [0.15, 0.2) is 48.5 Å². The molecule has 0 aliphatic carbocycles. The fourth-order valence-corrected chi connectivity index (χ4v) is 4.47. The van der Waals surface area contributed by atoms with Crippen LogP contribution in [0.2, 0.25) is 0 Å². The second-order valence-electron chi connectivity index (χ2n) is 8.64. The summed E-state index contributed by atoms with van der Waals surface area (Å²) in [5, 5.41) is 8.94. The lowest BCUT2D eigenvalue weighted by molar-refractivity contribution is 0.0631. The molecule has 166 valence electrons. The zero-order chi connectivity index (χ0) is 22.3. The molecule has 0 saturated carbocycles. The molecule has 0 aromatic heterocycles. The van der Waals surface area contributed by atoms with Crippen molar-refractivity contribution in [3.63, 3.8) is 0 Å². The molecule has 0 bridgehead atoms. The van der Waals surface area contributed by atoms with E-state index in [1.165, 1.54) is 6.42 Å². The van der Waals surface area contributed by atoms with Gasteiger partial charge in [0.05, 0.1) is 18.2 Å². The number of likely N-dealkylation sites (tertiary alicyclic amines) is 2. The molecule has 6 nitrogen and oxygen atoms in total. The lowest BCUT2D eigenvalue weighted by atomic mass is 9.98. The molecule has 2 aliphatic rings. The number of hydrogen-bond acceptors (Lipinski definition) is 4. The number of benzene rings is 2. The second kappa shape index (κ2) is 10.3. The largest absolute Gasteiger partial charge is 0.493 e. The Morgan fingerprint density at radius 3 is 2.38 bits per heavy atom. The number of carbonyl (C=O) groups excluding carboxylic acids is 2. The van der Waals surface area contributed by atoms with Crippen LogP contribution < -0.4 is 4.74 Å². The third-order valence-electron chi connectivity index (χ3n) is 6.28. The summed E-state index contributed by atoms with van der Waals surface area (Å²) in [7, 11) is 0. The van der Waals surface area contributed by atoms with Crippen molar-refractivity contribution in [2.75, 3.05) is 32.8 Å². The van der Waals surface area contributed by atoms with Crippen molar-refractivity contribution in [1.29, 1.82) is 5.26 Å². The zero-order valence-electron chi connectivity index (χ0n) is 18.3. The Kier molecular flexibility index (Phi) is 7.06. The van der Waals surface area contributed by atoms with Gasteiger partial charge in [-0.25, -0.2) is 0 Å². The maximum Gasteiger partial charge on any atom is 0.253 e. The molecule has 0 radical (unpaired) electrons. The van der Waals surface area contributed by atoms with Crippen LogP contribution in [0.3, 0.4) is 0 Å². The molecule has 2 heterocycles. The normalized spacial score (nSPS) is 18.7. The topological polar surface area (TPSA) is 73.6 Å². The summed E-state index contributed by atoms with van der Waals surface area (Å²) in [5.74, 6) is 1.01. The van der Waals surface area contributed by atoms with Gasteiger partial charge < -0.3 is 14.5 Å². The van der Waals surface area contributed by atoms with E-state index in [1.807, 2.05) is 34.1 Å². The second-order valence-corrected chi connectivity index (χ2v) is 8.64. The first-order valence-electron chi connectivity index (χ1n) is 11.5. The van der Waals surface area contributed by atoms with Crippen molar-refractivity contribution in [2.45, 2.75) is 32.1 Å². The van der Waals surface area contributed by atoms with E-state index >= 15 is 0 Å². The van der Waals surface area contributed by atoms with E-state index in [1.54, 1.807) is 24.3 Å². The van der Waals surface area contributed by atoms with Gasteiger partial charge in [0.2, 0.25) is 0 Å². The molecule has 2 saturated heterocycles. The van der Waals surface area contributed by atoms with Crippen LogP contribution >= 0.6 is 0 Å². The maximum atomic E-state index is 12.8. The average molecular weight is 432 g/mol. The average Bonchev–Trinajstić information content (AvgIpc) is 2.87. The minimum atomic E-state index is -0.00619. The van der Waals surface area contributed by atoms with Crippen molar-refractivity contribution in [2.24, 2.45) is 5.92 Å². The van der Waals surface area contributed by atoms with Crippen LogP contribution in [-0.2, 0) is 0 Å². The zero-order valence-corrected chi connectivity index (χ0v) is 18.3. The molecular formula is C26H29N3O3. The van der Waals surface area contributed by atoms with Crippen molar-refractivity contribution < 1.29 is 14.3 Å². The standard InChI is InChI=1S/C26H29N3O3/c27-17-20-9-11-22(12-10-20)25(30)29-15-5-6-21(18-29)19-32-24-8-4-7-23(16-24)26(31)28-13-2-1-3-14-28/h4,7-12,16,21H,1-3,5-6,13-15,18-19H2/t21-/m0/s1. The van der Waals surface area contributed by atoms with Crippen LogP contribution in [0.1, 0.15) is 58.4 Å². The number of nitriles is 1. The van der Waals surface area contributed by atoms with Gasteiger partial charge in [-0.2, -0.15) is 5.26 Å². The van der Waals surface area contributed by atoms with Gasteiger partial charge in [-0.05, 0) is 74.6 Å². The minimum absolute atomic E-state index is 0.00619. The van der Waals surface area contributed by atoms with Gasteiger partial charge in [-0.3, -0.25) is 9.59 Å². The molecule has 6 heteroatoms. The highest BCUT2D eigenvalue weighted by atomic mass is 16.5. The van der Waals surface area contributed by atoms with Crippen LogP contribution in [0.4, 0.5) is 0 Å². The smallest absolute Gasteiger partial charge is 0.253 e. The number of carbonyl (C=O) groups is 2. The van der Waals surface area contributed by atoms with E-state index < -0.39 is 0 Å². The molecule has 2 aromatic rings. The fraction of sp³-hybridized carbons (Fsp3) is 0.423. The molecule has 2 aromatic carbocycles. The number of ether oxygens (including phenoxy) is 1. The van der Waals surface area contributed by atoms with Gasteiger partial charge in [0.15, 0.2) is 0 Å². The van der Waals surface area contributed by atoms with Crippen LogP contribution in [0, 0.1) is 17.2 Å². The van der Waals surface area contributed by atoms with Gasteiger partial charge in [0, 0.05) is 43.2 Å². The van der Waals surface area contributed by atoms with E-state index in [4.69, 9.17) is 10.00 Å². The highest BCUT2D eigenvalue weighted by molar-refractivity contribution is 5.95. The van der Waals surface area contributed by atoms with Crippen molar-refractivity contribution in [1.82, 2.24) is 9.80 Å². The van der Waals surface area contributed by atoms with Crippen molar-refractivity contribution in [3.05, 3.63) is 65.2 Å². The Morgan fingerprint density at radius 2 is 1.62 bits per heavy atom. The van der Waals surface area contributed by atoms with Crippen molar-refractivity contribution >= 4 is 11.8 Å². The molecule has 0 spiro atoms. The predicted molar refractivity (Wildman–Crippen MR) is 121 cm³/mol. The maximum absolute atomic E-state index is 12.8. The predicted octanol–water partition coefficient (Wildman–Crippen LogP) is 4.12. The van der Waals surface area contributed by atoms with E-state index in [-0.39, 0.29) is 17.7 Å². The first kappa shape index (κ1) is 21.9. The van der Waals surface area contributed by atoms with E-state index in [0.29, 0.717) is 35.6 Å². The lowest BCUT2D eigenvalue weighted by Crippen LogP contribution is -2.41. The first-order chi connectivity index (χ1) is 15.6. The summed E-state index contributed by atoms with van der Waals surface area (Å²) in [6, 6.07) is 16.3. The van der Waals surface area contributed by atoms with Crippen LogP contribution in [0.25, 0.3) is 0 Å². The minimum Gasteiger partial charge on any atom is -0.493 e. The summed E-state index contributed by atoms with van der Waals surface area (Å²) in [6.07, 6.45) is 5.27. The van der Waals surface area contributed by atoms with Gasteiger partial charge in [0.25, 0.3) is 11.8 Å². The fourth-order valence-electron chi connectivity index (χ4n) is 4.47. The molecule has 1 atom stereocenters. The summed E-state index contributed by atoms with van der Waals surface area (Å²) in [6.45, 7) is 3.54. The summed E-state index contributed by atoms with van der Waals surface area (Å²) in [5.41, 5.74) is 1.83. The Hall–Kier alpha value is -3.33.